The maximum Gasteiger partial charge on any atom is 1.00 e. The predicted octanol–water partition coefficient (Wildman–Crippen LogP) is -0.167. The van der Waals surface area contributed by atoms with Crippen LogP contribution in [0.3, 0.4) is 0 Å². The van der Waals surface area contributed by atoms with Crippen LogP contribution in [-0.2, 0) is 13.1 Å². The van der Waals surface area contributed by atoms with E-state index in [-0.39, 0.29) is 65.3 Å². The van der Waals surface area contributed by atoms with Crippen molar-refractivity contribution in [3.8, 4) is 0 Å². The first kappa shape index (κ1) is 32.1. The average molecular weight is 505 g/mol. The van der Waals surface area contributed by atoms with E-state index in [1.165, 1.54) is 4.90 Å². The van der Waals surface area contributed by atoms with E-state index in [2.05, 4.69) is 0 Å². The first-order valence-corrected chi connectivity index (χ1v) is 10.9. The molecule has 2 heterocycles. The average Bonchev–Trinajstić information content (AvgIpc) is 2.75. The van der Waals surface area contributed by atoms with Gasteiger partial charge in [0.2, 0.25) is 5.79 Å². The number of aliphatic hydroxyl groups excluding tert-OH is 1. The second-order valence-electron chi connectivity index (χ2n) is 8.73. The summed E-state index contributed by atoms with van der Waals surface area (Å²) in [7, 11) is 0. The summed E-state index contributed by atoms with van der Waals surface area (Å²) in [5.41, 5.74) is 1.96. The number of likely N-dealkylation sites (tertiary alicyclic amines) is 2. The number of aliphatic hydroxyl groups is 3. The maximum atomic E-state index is 13.4. The molecule has 2 aliphatic heterocycles. The number of piperidine rings is 2. The van der Waals surface area contributed by atoms with Gasteiger partial charge in [-0.05, 0) is 17.5 Å². The smallest absolute Gasteiger partial charge is 1.00 e. The van der Waals surface area contributed by atoms with Gasteiger partial charge >= 0.3 is 35.5 Å². The maximum absolute atomic E-state index is 13.4. The Kier molecular flexibility index (Phi) is 12.4. The summed E-state index contributed by atoms with van der Waals surface area (Å²) in [4.78, 5) is 3.21. The number of halogens is 4. The molecule has 2 saturated heterocycles. The largest absolute Gasteiger partial charge is 1.00 e. The summed E-state index contributed by atoms with van der Waals surface area (Å²) in [6.45, 7) is 0.691. The summed E-state index contributed by atoms with van der Waals surface area (Å²) in [6, 6.07) is 18.8. The summed E-state index contributed by atoms with van der Waals surface area (Å²) in [5, 5.41) is 27.5. The molecule has 0 aliphatic carbocycles. The van der Waals surface area contributed by atoms with E-state index >= 15 is 0 Å². The summed E-state index contributed by atoms with van der Waals surface area (Å²) in [5.74, 6) is -9.34. The number of hydrogen-bond acceptors (Lipinski definition) is 5. The standard InChI is InChI=1S/C12H15F2NO2.C12H15F2NO.B.Na.H/c13-11(14)9-15(7-6-12(11,16)17)8-10-4-2-1-3-5-10;13-12(14)9-15(7-6-11(12)16)8-10-4-2-1-3-5-10;;;/h1-5,16-17H,6-9H2;1-5,11,16H,6-9H2;;;/q;;;+1;-1. The molecule has 2 aliphatic rings. The fourth-order valence-electron chi connectivity index (χ4n) is 3.94. The third-order valence-corrected chi connectivity index (χ3v) is 5.92. The Bertz CT molecular complexity index is 888. The molecule has 1 atom stereocenters. The molecular formula is C24H31BF4N2NaO3. The van der Waals surface area contributed by atoms with Crippen molar-refractivity contribution in [2.24, 2.45) is 0 Å². The number of alkyl halides is 4. The Labute approximate surface area is 229 Å². The van der Waals surface area contributed by atoms with E-state index in [0.717, 1.165) is 11.1 Å². The minimum absolute atomic E-state index is 0. The summed E-state index contributed by atoms with van der Waals surface area (Å²) in [6.07, 6.45) is -1.69. The van der Waals surface area contributed by atoms with Gasteiger partial charge in [-0.25, -0.2) is 8.78 Å². The first-order chi connectivity index (χ1) is 15.5. The van der Waals surface area contributed by atoms with E-state index < -0.39 is 30.3 Å². The molecule has 2 fully saturated rings. The van der Waals surface area contributed by atoms with Crippen molar-refractivity contribution in [1.82, 2.24) is 9.80 Å². The van der Waals surface area contributed by atoms with Crippen molar-refractivity contribution in [3.05, 3.63) is 71.8 Å². The second-order valence-corrected chi connectivity index (χ2v) is 8.73. The Hall–Kier alpha value is -0.975. The molecule has 0 bridgehead atoms. The molecule has 2 aromatic rings. The third-order valence-electron chi connectivity index (χ3n) is 5.92. The molecule has 0 saturated carbocycles. The number of rotatable bonds is 4. The van der Waals surface area contributed by atoms with E-state index in [0.29, 0.717) is 19.6 Å². The molecule has 3 radical (unpaired) electrons. The van der Waals surface area contributed by atoms with Crippen LogP contribution in [0.25, 0.3) is 0 Å². The number of benzene rings is 2. The van der Waals surface area contributed by atoms with Gasteiger partial charge in [0, 0.05) is 41.0 Å². The predicted molar refractivity (Wildman–Crippen MR) is 123 cm³/mol. The van der Waals surface area contributed by atoms with Gasteiger partial charge in [0.1, 0.15) is 6.10 Å². The van der Waals surface area contributed by atoms with Gasteiger partial charge in [0.15, 0.2) is 0 Å². The molecule has 35 heavy (non-hydrogen) atoms. The van der Waals surface area contributed by atoms with Crippen LogP contribution in [0.5, 0.6) is 0 Å². The van der Waals surface area contributed by atoms with Crippen LogP contribution in [0.4, 0.5) is 17.6 Å². The topological polar surface area (TPSA) is 67.2 Å². The molecule has 2 aromatic carbocycles. The Morgan fingerprint density at radius 2 is 1.26 bits per heavy atom. The van der Waals surface area contributed by atoms with Crippen molar-refractivity contribution >= 4 is 8.41 Å². The summed E-state index contributed by atoms with van der Waals surface area (Å²) >= 11 is 0. The van der Waals surface area contributed by atoms with Crippen LogP contribution < -0.4 is 29.6 Å². The Morgan fingerprint density at radius 3 is 1.69 bits per heavy atom. The SMILES string of the molecule is OC1(O)CCN(Cc2ccccc2)CC1(F)F.OC1CCN(Cc2ccccc2)CC1(F)F.[B].[H-].[Na+]. The van der Waals surface area contributed by atoms with Crippen molar-refractivity contribution in [2.75, 3.05) is 26.2 Å². The normalized spacial score (nSPS) is 23.1. The molecule has 187 valence electrons. The molecule has 1 unspecified atom stereocenters. The fourth-order valence-corrected chi connectivity index (χ4v) is 3.94. The molecule has 0 spiro atoms. The minimum atomic E-state index is -3.49. The van der Waals surface area contributed by atoms with Gasteiger partial charge in [0.25, 0.3) is 5.92 Å². The molecule has 5 nitrogen and oxygen atoms in total. The molecule has 3 N–H and O–H groups in total. The zero-order chi connectivity index (χ0) is 24.1. The molecule has 0 amide bonds. The van der Waals surface area contributed by atoms with Crippen LogP contribution in [-0.4, -0.2) is 83.4 Å². The van der Waals surface area contributed by atoms with Gasteiger partial charge in [-0.1, -0.05) is 60.7 Å². The fraction of sp³-hybridized carbons (Fsp3) is 0.500. The van der Waals surface area contributed by atoms with Gasteiger partial charge < -0.3 is 16.7 Å². The monoisotopic (exact) mass is 505 g/mol. The van der Waals surface area contributed by atoms with Crippen molar-refractivity contribution in [3.63, 3.8) is 0 Å². The molecule has 4 rings (SSSR count). The quantitative estimate of drug-likeness (QED) is 0.306. The van der Waals surface area contributed by atoms with Gasteiger partial charge in [-0.3, -0.25) is 9.80 Å². The first-order valence-electron chi connectivity index (χ1n) is 10.9. The van der Waals surface area contributed by atoms with E-state index in [4.69, 9.17) is 15.3 Å². The van der Waals surface area contributed by atoms with Crippen LogP contribution in [0.2, 0.25) is 0 Å². The number of hydrogen-bond donors (Lipinski definition) is 3. The minimum Gasteiger partial charge on any atom is -1.00 e. The van der Waals surface area contributed by atoms with Gasteiger partial charge in [0.05, 0.1) is 13.1 Å². The molecular weight excluding hydrogens is 474 g/mol. The molecule has 11 heteroatoms. The number of nitrogens with zero attached hydrogens (tertiary/aromatic N) is 2. The summed E-state index contributed by atoms with van der Waals surface area (Å²) < 4.78 is 53.3. The van der Waals surface area contributed by atoms with E-state index in [9.17, 15) is 17.6 Å². The zero-order valence-electron chi connectivity index (χ0n) is 20.8. The van der Waals surface area contributed by atoms with Gasteiger partial charge in [-0.15, -0.1) is 0 Å². The van der Waals surface area contributed by atoms with Crippen molar-refractivity contribution in [2.45, 2.75) is 49.7 Å². The zero-order valence-corrected chi connectivity index (χ0v) is 21.8. The van der Waals surface area contributed by atoms with Crippen LogP contribution in [0, 0.1) is 0 Å². The van der Waals surface area contributed by atoms with Crippen LogP contribution >= 0.6 is 0 Å². The van der Waals surface area contributed by atoms with Crippen molar-refractivity contribution in [1.29, 1.82) is 0 Å². The third kappa shape index (κ3) is 9.12. The Balaban J connectivity index is 0.000000629. The van der Waals surface area contributed by atoms with E-state index in [1.807, 2.05) is 60.7 Å². The molecule has 0 aromatic heterocycles. The van der Waals surface area contributed by atoms with Crippen LogP contribution in [0.1, 0.15) is 25.4 Å². The Morgan fingerprint density at radius 1 is 0.800 bits per heavy atom. The second kappa shape index (κ2) is 13.5. The van der Waals surface area contributed by atoms with Crippen molar-refractivity contribution < 1.29 is 63.9 Å². The van der Waals surface area contributed by atoms with Gasteiger partial charge in [-0.2, -0.15) is 8.78 Å². The van der Waals surface area contributed by atoms with Crippen LogP contribution in [0.15, 0.2) is 60.7 Å². The van der Waals surface area contributed by atoms with E-state index in [1.54, 1.807) is 4.90 Å².